The number of carbonyl (C=O) groups excluding carboxylic acids is 1. The Balaban J connectivity index is 2.44. The number of hydrogen-bond acceptors (Lipinski definition) is 3. The molecule has 0 spiro atoms. The molecule has 3 atom stereocenters. The van der Waals surface area contributed by atoms with Gasteiger partial charge in [0.25, 0.3) is 0 Å². The zero-order chi connectivity index (χ0) is 16.0. The molecular formula is C16H27NO4. The Hall–Kier alpha value is -1.52. The highest BCUT2D eigenvalue weighted by molar-refractivity contribution is 5.80. The molecule has 21 heavy (non-hydrogen) atoms. The molecule has 0 heterocycles. The fourth-order valence-corrected chi connectivity index (χ4v) is 2.39. The highest BCUT2D eigenvalue weighted by Gasteiger charge is 2.46. The molecule has 2 N–H and O–H groups in total. The second-order valence-corrected chi connectivity index (χ2v) is 6.58. The van der Waals surface area contributed by atoms with Crippen LogP contribution in [0.3, 0.4) is 0 Å². The van der Waals surface area contributed by atoms with Crippen molar-refractivity contribution in [2.24, 2.45) is 11.8 Å². The zero-order valence-corrected chi connectivity index (χ0v) is 13.4. The molecule has 1 rings (SSSR count). The minimum absolute atomic E-state index is 0.0186. The first kappa shape index (κ1) is 17.5. The number of allylic oxidation sites excluding steroid dienone is 2. The zero-order valence-electron chi connectivity index (χ0n) is 13.4. The van der Waals surface area contributed by atoms with Gasteiger partial charge in [0.1, 0.15) is 11.6 Å². The molecule has 120 valence electrons. The highest BCUT2D eigenvalue weighted by Crippen LogP contribution is 2.44. The first-order valence-electron chi connectivity index (χ1n) is 7.62. The third-order valence-electron chi connectivity index (χ3n) is 3.45. The van der Waals surface area contributed by atoms with Gasteiger partial charge in [0.15, 0.2) is 0 Å². The number of ether oxygens (including phenoxy) is 1. The predicted octanol–water partition coefficient (Wildman–Crippen LogP) is 3.35. The fraction of sp³-hybridized carbons (Fsp3) is 0.750. The van der Waals surface area contributed by atoms with Crippen LogP contribution >= 0.6 is 0 Å². The first-order chi connectivity index (χ1) is 9.74. The monoisotopic (exact) mass is 297 g/mol. The van der Waals surface area contributed by atoms with Gasteiger partial charge in [-0.05, 0) is 58.3 Å². The lowest BCUT2D eigenvalue weighted by Crippen LogP contribution is -2.45. The molecule has 0 radical (unpaired) electrons. The minimum Gasteiger partial charge on any atom is -0.480 e. The van der Waals surface area contributed by atoms with Gasteiger partial charge >= 0.3 is 12.1 Å². The van der Waals surface area contributed by atoms with Crippen molar-refractivity contribution in [3.05, 3.63) is 12.2 Å². The van der Waals surface area contributed by atoms with Gasteiger partial charge in [0, 0.05) is 0 Å². The molecule has 0 saturated heterocycles. The van der Waals surface area contributed by atoms with E-state index in [4.69, 9.17) is 4.74 Å². The van der Waals surface area contributed by atoms with Gasteiger partial charge < -0.3 is 15.2 Å². The molecule has 0 aromatic rings. The van der Waals surface area contributed by atoms with Crippen molar-refractivity contribution in [1.29, 1.82) is 0 Å². The summed E-state index contributed by atoms with van der Waals surface area (Å²) >= 11 is 0. The SMILES string of the molecule is CC/C=C\CCC1C[C@H]1C(NC(=O)OC(C)(C)C)C(=O)O. The number of hydrogen-bond donors (Lipinski definition) is 2. The van der Waals surface area contributed by atoms with Gasteiger partial charge in [-0.25, -0.2) is 9.59 Å². The van der Waals surface area contributed by atoms with Crippen molar-refractivity contribution in [2.75, 3.05) is 0 Å². The van der Waals surface area contributed by atoms with E-state index in [0.29, 0.717) is 5.92 Å². The lowest BCUT2D eigenvalue weighted by Gasteiger charge is -2.22. The van der Waals surface area contributed by atoms with Crippen molar-refractivity contribution in [1.82, 2.24) is 5.32 Å². The third kappa shape index (κ3) is 6.65. The van der Waals surface area contributed by atoms with Gasteiger partial charge in [-0.1, -0.05) is 19.1 Å². The summed E-state index contributed by atoms with van der Waals surface area (Å²) in [5, 5.41) is 11.8. The van der Waals surface area contributed by atoms with Crippen molar-refractivity contribution in [3.63, 3.8) is 0 Å². The average molecular weight is 297 g/mol. The van der Waals surface area contributed by atoms with Crippen molar-refractivity contribution < 1.29 is 19.4 Å². The summed E-state index contributed by atoms with van der Waals surface area (Å²) in [7, 11) is 0. The van der Waals surface area contributed by atoms with E-state index in [1.54, 1.807) is 20.8 Å². The van der Waals surface area contributed by atoms with Crippen LogP contribution in [-0.2, 0) is 9.53 Å². The fourth-order valence-electron chi connectivity index (χ4n) is 2.39. The second-order valence-electron chi connectivity index (χ2n) is 6.58. The van der Waals surface area contributed by atoms with Crippen LogP contribution in [0.2, 0.25) is 0 Å². The Morgan fingerprint density at radius 1 is 1.38 bits per heavy atom. The highest BCUT2D eigenvalue weighted by atomic mass is 16.6. The van der Waals surface area contributed by atoms with Gasteiger partial charge in [-0.2, -0.15) is 0 Å². The van der Waals surface area contributed by atoms with Crippen LogP contribution in [0.15, 0.2) is 12.2 Å². The summed E-state index contributed by atoms with van der Waals surface area (Å²) in [4.78, 5) is 23.0. The molecule has 1 aliphatic rings. The molecular weight excluding hydrogens is 270 g/mol. The smallest absolute Gasteiger partial charge is 0.408 e. The number of carboxylic acids is 1. The molecule has 1 aliphatic carbocycles. The summed E-state index contributed by atoms with van der Waals surface area (Å²) < 4.78 is 5.12. The quantitative estimate of drug-likeness (QED) is 0.707. The van der Waals surface area contributed by atoms with Crippen LogP contribution in [0.5, 0.6) is 0 Å². The van der Waals surface area contributed by atoms with Gasteiger partial charge in [-0.15, -0.1) is 0 Å². The largest absolute Gasteiger partial charge is 0.480 e. The van der Waals surface area contributed by atoms with Crippen LogP contribution in [-0.4, -0.2) is 28.8 Å². The molecule has 0 bridgehead atoms. The van der Waals surface area contributed by atoms with E-state index in [-0.39, 0.29) is 5.92 Å². The maximum absolute atomic E-state index is 11.7. The molecule has 5 heteroatoms. The van der Waals surface area contributed by atoms with E-state index >= 15 is 0 Å². The van der Waals surface area contributed by atoms with E-state index < -0.39 is 23.7 Å². The maximum Gasteiger partial charge on any atom is 0.408 e. The molecule has 5 nitrogen and oxygen atoms in total. The number of nitrogens with one attached hydrogen (secondary N) is 1. The van der Waals surface area contributed by atoms with Crippen LogP contribution in [0, 0.1) is 11.8 Å². The molecule has 1 fully saturated rings. The summed E-state index contributed by atoms with van der Waals surface area (Å²) in [5.74, 6) is -0.593. The Morgan fingerprint density at radius 2 is 2.05 bits per heavy atom. The van der Waals surface area contributed by atoms with Gasteiger partial charge in [0.2, 0.25) is 0 Å². The van der Waals surface area contributed by atoms with E-state index in [0.717, 1.165) is 25.7 Å². The Kier molecular flexibility index (Phi) is 6.24. The summed E-state index contributed by atoms with van der Waals surface area (Å²) in [6.07, 6.45) is 7.40. The molecule has 0 aromatic heterocycles. The summed E-state index contributed by atoms with van der Waals surface area (Å²) in [6, 6.07) is -0.847. The number of rotatable bonds is 7. The van der Waals surface area contributed by atoms with Crippen molar-refractivity contribution in [2.45, 2.75) is 65.0 Å². The topological polar surface area (TPSA) is 75.6 Å². The van der Waals surface area contributed by atoms with Crippen LogP contribution in [0.25, 0.3) is 0 Å². The standard InChI is InChI=1S/C16H27NO4/c1-5-6-7-8-9-11-10-12(11)13(14(18)19)17-15(20)21-16(2,3)4/h6-7,11-13H,5,8-10H2,1-4H3,(H,17,20)(H,18,19)/b7-6-/t11?,12-,13?/m1/s1. The molecule has 0 aromatic carbocycles. The van der Waals surface area contributed by atoms with Crippen molar-refractivity contribution in [3.8, 4) is 0 Å². The molecule has 2 unspecified atom stereocenters. The Labute approximate surface area is 126 Å². The summed E-state index contributed by atoms with van der Waals surface area (Å²) in [6.45, 7) is 7.34. The molecule has 1 saturated carbocycles. The predicted molar refractivity (Wildman–Crippen MR) is 81.1 cm³/mol. The van der Waals surface area contributed by atoms with E-state index in [1.165, 1.54) is 0 Å². The van der Waals surface area contributed by atoms with Crippen LogP contribution in [0.4, 0.5) is 4.79 Å². The minimum atomic E-state index is -0.988. The van der Waals surface area contributed by atoms with Gasteiger partial charge in [-0.3, -0.25) is 0 Å². The number of carbonyl (C=O) groups is 2. The van der Waals surface area contributed by atoms with Crippen molar-refractivity contribution >= 4 is 12.1 Å². The Bertz CT molecular complexity index is 398. The Morgan fingerprint density at radius 3 is 2.57 bits per heavy atom. The average Bonchev–Trinajstić information content (AvgIpc) is 3.08. The van der Waals surface area contributed by atoms with E-state index in [2.05, 4.69) is 24.4 Å². The van der Waals surface area contributed by atoms with E-state index in [9.17, 15) is 14.7 Å². The van der Waals surface area contributed by atoms with Gasteiger partial charge in [0.05, 0.1) is 0 Å². The second kappa shape index (κ2) is 7.48. The number of amides is 1. The normalized spacial score (nSPS) is 22.9. The number of alkyl carbamates (subject to hydrolysis) is 1. The lowest BCUT2D eigenvalue weighted by molar-refractivity contribution is -0.140. The lowest BCUT2D eigenvalue weighted by atomic mass is 10.1. The first-order valence-corrected chi connectivity index (χ1v) is 7.62. The molecule has 0 aliphatic heterocycles. The number of aliphatic carboxylic acids is 1. The van der Waals surface area contributed by atoms with Crippen LogP contribution in [0.1, 0.15) is 53.4 Å². The third-order valence-corrected chi connectivity index (χ3v) is 3.45. The maximum atomic E-state index is 11.7. The van der Waals surface area contributed by atoms with Crippen LogP contribution < -0.4 is 5.32 Å². The number of carboxylic acid groups (broad SMARTS) is 1. The van der Waals surface area contributed by atoms with E-state index in [1.807, 2.05) is 0 Å². The molecule has 1 amide bonds. The summed E-state index contributed by atoms with van der Waals surface area (Å²) in [5.41, 5.74) is -0.624.